The fourth-order valence-corrected chi connectivity index (χ4v) is 2.68. The number of halogens is 1. The molecule has 2 aromatic heterocycles. The van der Waals surface area contributed by atoms with Crippen molar-refractivity contribution in [3.05, 3.63) is 17.5 Å². The van der Waals surface area contributed by atoms with E-state index in [0.717, 1.165) is 15.7 Å². The van der Waals surface area contributed by atoms with Crippen molar-refractivity contribution < 1.29 is 0 Å². The Kier molecular flexibility index (Phi) is 4.45. The second-order valence-corrected chi connectivity index (χ2v) is 5.17. The molecule has 0 aliphatic carbocycles. The van der Waals surface area contributed by atoms with Crippen LogP contribution >= 0.6 is 35.5 Å². The molecule has 0 aliphatic heterocycles. The molecule has 8 heteroatoms. The van der Waals surface area contributed by atoms with E-state index in [9.17, 15) is 0 Å². The van der Waals surface area contributed by atoms with Gasteiger partial charge >= 0.3 is 0 Å². The lowest BCUT2D eigenvalue weighted by Gasteiger charge is -1.99. The maximum Gasteiger partial charge on any atom is 0.203 e. The van der Waals surface area contributed by atoms with Gasteiger partial charge in [0.05, 0.1) is 0 Å². The first-order valence-corrected chi connectivity index (χ1v) is 5.86. The molecule has 0 aromatic carbocycles. The quantitative estimate of drug-likeness (QED) is 0.846. The van der Waals surface area contributed by atoms with Crippen LogP contribution in [0.3, 0.4) is 0 Å². The highest BCUT2D eigenvalue weighted by molar-refractivity contribution is 8.00. The molecular formula is C8H10ClN5S2. The summed E-state index contributed by atoms with van der Waals surface area (Å²) in [5, 5.41) is 8.77. The molecule has 0 unspecified atom stereocenters. The minimum atomic E-state index is 0. The topological polar surface area (TPSA) is 77.6 Å². The zero-order valence-corrected chi connectivity index (χ0v) is 11.1. The smallest absolute Gasteiger partial charge is 0.203 e. The number of nitrogens with zero attached hydrogens (tertiary/aromatic N) is 4. The van der Waals surface area contributed by atoms with Gasteiger partial charge in [0.25, 0.3) is 0 Å². The zero-order chi connectivity index (χ0) is 10.8. The molecule has 5 nitrogen and oxygen atoms in total. The average Bonchev–Trinajstić information content (AvgIpc) is 2.49. The van der Waals surface area contributed by atoms with Gasteiger partial charge in [0.15, 0.2) is 9.50 Å². The first kappa shape index (κ1) is 13.1. The molecule has 0 aliphatic rings. The third-order valence-electron chi connectivity index (χ3n) is 1.56. The van der Waals surface area contributed by atoms with Crippen LogP contribution in [0.2, 0.25) is 0 Å². The van der Waals surface area contributed by atoms with Crippen LogP contribution in [0.15, 0.2) is 15.6 Å². The minimum Gasteiger partial charge on any atom is -0.374 e. The summed E-state index contributed by atoms with van der Waals surface area (Å²) < 4.78 is 0.762. The Morgan fingerprint density at radius 1 is 1.19 bits per heavy atom. The van der Waals surface area contributed by atoms with Gasteiger partial charge in [-0.3, -0.25) is 0 Å². The zero-order valence-electron chi connectivity index (χ0n) is 8.67. The van der Waals surface area contributed by atoms with Crippen LogP contribution in [-0.2, 0) is 0 Å². The van der Waals surface area contributed by atoms with E-state index in [1.165, 1.54) is 23.1 Å². The van der Waals surface area contributed by atoms with E-state index in [4.69, 9.17) is 5.73 Å². The molecule has 0 radical (unpaired) electrons. The summed E-state index contributed by atoms with van der Waals surface area (Å²) in [6.45, 7) is 3.88. The molecule has 86 valence electrons. The van der Waals surface area contributed by atoms with Crippen molar-refractivity contribution in [3.63, 3.8) is 0 Å². The van der Waals surface area contributed by atoms with Crippen LogP contribution in [0.1, 0.15) is 11.4 Å². The lowest BCUT2D eigenvalue weighted by atomic mass is 10.4. The Labute approximate surface area is 107 Å². The third kappa shape index (κ3) is 3.29. The van der Waals surface area contributed by atoms with Gasteiger partial charge in [0, 0.05) is 11.4 Å². The van der Waals surface area contributed by atoms with Crippen molar-refractivity contribution in [1.82, 2.24) is 20.2 Å². The second kappa shape index (κ2) is 5.42. The highest BCUT2D eigenvalue weighted by Gasteiger charge is 2.06. The van der Waals surface area contributed by atoms with Crippen molar-refractivity contribution in [1.29, 1.82) is 0 Å². The number of nitrogen functional groups attached to an aromatic ring is 1. The molecule has 0 saturated carbocycles. The van der Waals surface area contributed by atoms with Crippen molar-refractivity contribution in [2.45, 2.75) is 23.3 Å². The van der Waals surface area contributed by atoms with Gasteiger partial charge in [-0.2, -0.15) is 0 Å². The summed E-state index contributed by atoms with van der Waals surface area (Å²) in [6.07, 6.45) is 0. The van der Waals surface area contributed by atoms with Gasteiger partial charge in [-0.1, -0.05) is 11.3 Å². The van der Waals surface area contributed by atoms with E-state index < -0.39 is 0 Å². The number of hydrogen-bond acceptors (Lipinski definition) is 7. The maximum absolute atomic E-state index is 5.48. The van der Waals surface area contributed by atoms with Crippen molar-refractivity contribution >= 4 is 40.6 Å². The molecule has 0 fully saturated rings. The molecule has 2 aromatic rings. The molecule has 2 rings (SSSR count). The standard InChI is InChI=1S/C8H9N5S2.ClH/c1-4-3-5(2)11-7(10-4)15-8-13-12-6(9)14-8;/h3H,1-2H3,(H2,9,12);1H. The van der Waals surface area contributed by atoms with E-state index in [1.807, 2.05) is 19.9 Å². The Hall–Kier alpha value is -0.920. The molecule has 0 amide bonds. The second-order valence-electron chi connectivity index (χ2n) is 2.94. The van der Waals surface area contributed by atoms with E-state index in [-0.39, 0.29) is 12.4 Å². The highest BCUT2D eigenvalue weighted by Crippen LogP contribution is 2.28. The van der Waals surface area contributed by atoms with E-state index in [0.29, 0.717) is 10.3 Å². The number of aryl methyl sites for hydroxylation is 2. The lowest BCUT2D eigenvalue weighted by Crippen LogP contribution is -1.92. The number of rotatable bonds is 2. The maximum atomic E-state index is 5.48. The van der Waals surface area contributed by atoms with Crippen LogP contribution in [0, 0.1) is 13.8 Å². The highest BCUT2D eigenvalue weighted by atomic mass is 35.5. The van der Waals surface area contributed by atoms with Crippen LogP contribution in [0.4, 0.5) is 5.13 Å². The summed E-state index contributed by atoms with van der Waals surface area (Å²) in [4.78, 5) is 8.58. The number of nitrogens with two attached hydrogens (primary N) is 1. The van der Waals surface area contributed by atoms with E-state index >= 15 is 0 Å². The van der Waals surface area contributed by atoms with Crippen molar-refractivity contribution in [3.8, 4) is 0 Å². The molecule has 2 heterocycles. The summed E-state index contributed by atoms with van der Waals surface area (Å²) in [5.41, 5.74) is 7.38. The van der Waals surface area contributed by atoms with Crippen LogP contribution in [0.25, 0.3) is 0 Å². The largest absolute Gasteiger partial charge is 0.374 e. The molecular weight excluding hydrogens is 266 g/mol. The van der Waals surface area contributed by atoms with E-state index in [2.05, 4.69) is 20.2 Å². The Bertz CT molecular complexity index is 467. The fraction of sp³-hybridized carbons (Fsp3) is 0.250. The normalized spacial score (nSPS) is 9.88. The summed E-state index contributed by atoms with van der Waals surface area (Å²) in [5.74, 6) is 0. The van der Waals surface area contributed by atoms with Crippen LogP contribution in [0.5, 0.6) is 0 Å². The predicted octanol–water partition coefficient (Wildman–Crippen LogP) is 2.10. The SMILES string of the molecule is Cc1cc(C)nc(Sc2nnc(N)s2)n1.Cl. The first-order valence-electron chi connectivity index (χ1n) is 4.22. The molecule has 2 N–H and O–H groups in total. The monoisotopic (exact) mass is 275 g/mol. The molecule has 0 saturated heterocycles. The number of anilines is 1. The number of aromatic nitrogens is 4. The molecule has 0 atom stereocenters. The summed E-state index contributed by atoms with van der Waals surface area (Å²) >= 11 is 2.71. The van der Waals surface area contributed by atoms with Gasteiger partial charge in [0.2, 0.25) is 5.13 Å². The number of hydrogen-bond donors (Lipinski definition) is 1. The Morgan fingerprint density at radius 3 is 2.31 bits per heavy atom. The molecule has 0 bridgehead atoms. The van der Waals surface area contributed by atoms with Gasteiger partial charge in [0.1, 0.15) is 0 Å². The molecule has 0 spiro atoms. The van der Waals surface area contributed by atoms with Gasteiger partial charge in [-0.15, -0.1) is 22.6 Å². The first-order chi connectivity index (χ1) is 7.13. The van der Waals surface area contributed by atoms with Gasteiger partial charge < -0.3 is 5.73 Å². The average molecular weight is 276 g/mol. The fourth-order valence-electron chi connectivity index (χ4n) is 1.08. The predicted molar refractivity (Wildman–Crippen MR) is 67.2 cm³/mol. The van der Waals surface area contributed by atoms with E-state index in [1.54, 1.807) is 0 Å². The van der Waals surface area contributed by atoms with Gasteiger partial charge in [-0.25, -0.2) is 9.97 Å². The van der Waals surface area contributed by atoms with Gasteiger partial charge in [-0.05, 0) is 31.7 Å². The summed E-state index contributed by atoms with van der Waals surface area (Å²) in [6, 6.07) is 1.93. The Balaban J connectivity index is 0.00000128. The third-order valence-corrected chi connectivity index (χ3v) is 3.23. The van der Waals surface area contributed by atoms with Crippen molar-refractivity contribution in [2.24, 2.45) is 0 Å². The van der Waals surface area contributed by atoms with Crippen molar-refractivity contribution in [2.75, 3.05) is 5.73 Å². The molecule has 16 heavy (non-hydrogen) atoms. The van der Waals surface area contributed by atoms with Crippen LogP contribution in [-0.4, -0.2) is 20.2 Å². The minimum absolute atomic E-state index is 0. The summed E-state index contributed by atoms with van der Waals surface area (Å²) in [7, 11) is 0. The lowest BCUT2D eigenvalue weighted by molar-refractivity contribution is 0.898. The van der Waals surface area contributed by atoms with Crippen LogP contribution < -0.4 is 5.73 Å². The Morgan fingerprint density at radius 2 is 1.81 bits per heavy atom.